The van der Waals surface area contributed by atoms with Gasteiger partial charge in [0.1, 0.15) is 23.3 Å². The second kappa shape index (κ2) is 8.38. The van der Waals surface area contributed by atoms with Gasteiger partial charge in [-0.3, -0.25) is 9.69 Å². The molecule has 1 fully saturated rings. The van der Waals surface area contributed by atoms with Crippen LogP contribution in [-0.2, 0) is 4.79 Å². The van der Waals surface area contributed by atoms with Crippen LogP contribution in [0.1, 0.15) is 0 Å². The minimum absolute atomic E-state index is 0.136. The summed E-state index contributed by atoms with van der Waals surface area (Å²) in [5, 5.41) is 11.6. The lowest BCUT2D eigenvalue weighted by Gasteiger charge is -2.34. The molecule has 0 aliphatic carbocycles. The van der Waals surface area contributed by atoms with E-state index >= 15 is 0 Å². The summed E-state index contributed by atoms with van der Waals surface area (Å²) in [6.07, 6.45) is 1.10. The Hall–Kier alpha value is -2.50. The monoisotopic (exact) mass is 335 g/mol. The number of piperazine rings is 1. The second-order valence-corrected chi connectivity index (χ2v) is 5.36. The van der Waals surface area contributed by atoms with Gasteiger partial charge in [0, 0.05) is 51.5 Å². The molecular weight excluding hydrogens is 316 g/mol. The number of hydrogen-bond acceptors (Lipinski definition) is 5. The summed E-state index contributed by atoms with van der Waals surface area (Å²) in [6, 6.07) is 4.71. The highest BCUT2D eigenvalue weighted by Crippen LogP contribution is 2.16. The molecule has 0 spiro atoms. The van der Waals surface area contributed by atoms with E-state index in [1.165, 1.54) is 0 Å². The molecule has 1 aromatic carbocycles. The first kappa shape index (κ1) is 17.8. The van der Waals surface area contributed by atoms with E-state index in [-0.39, 0.29) is 11.3 Å². The fourth-order valence-corrected chi connectivity index (χ4v) is 2.43. The van der Waals surface area contributed by atoms with Crippen LogP contribution in [0.25, 0.3) is 0 Å². The molecule has 1 saturated heterocycles. The van der Waals surface area contributed by atoms with E-state index in [9.17, 15) is 13.6 Å². The number of carbonyl (C=O) groups excluding carboxylic acids is 1. The second-order valence-electron chi connectivity index (χ2n) is 5.36. The Kier molecular flexibility index (Phi) is 6.23. The number of nitriles is 1. The highest BCUT2D eigenvalue weighted by Gasteiger charge is 2.23. The number of anilines is 1. The molecule has 3 N–H and O–H groups in total. The maximum Gasteiger partial charge on any atom is 0.266 e. The molecule has 8 heteroatoms. The molecule has 2 rings (SSSR count). The molecule has 0 unspecified atom stereocenters. The van der Waals surface area contributed by atoms with Gasteiger partial charge in [0.2, 0.25) is 0 Å². The number of rotatable bonds is 5. The number of amides is 1. The van der Waals surface area contributed by atoms with Crippen molar-refractivity contribution in [2.45, 2.75) is 0 Å². The van der Waals surface area contributed by atoms with E-state index < -0.39 is 17.5 Å². The van der Waals surface area contributed by atoms with Gasteiger partial charge in [-0.25, -0.2) is 8.78 Å². The van der Waals surface area contributed by atoms with Gasteiger partial charge in [-0.15, -0.1) is 0 Å². The van der Waals surface area contributed by atoms with E-state index in [0.717, 1.165) is 30.9 Å². The topological polar surface area (TPSA) is 85.4 Å². The molecular formula is C16H19F2N5O. The van der Waals surface area contributed by atoms with Crippen molar-refractivity contribution in [1.29, 1.82) is 5.26 Å². The van der Waals surface area contributed by atoms with Crippen molar-refractivity contribution in [2.75, 3.05) is 44.6 Å². The maximum absolute atomic E-state index is 13.5. The van der Waals surface area contributed by atoms with Gasteiger partial charge in [0.15, 0.2) is 0 Å². The van der Waals surface area contributed by atoms with Crippen LogP contribution in [0.3, 0.4) is 0 Å². The summed E-state index contributed by atoms with van der Waals surface area (Å²) in [7, 11) is 0. The van der Waals surface area contributed by atoms with Crippen LogP contribution in [0.4, 0.5) is 14.5 Å². The minimum Gasteiger partial charge on any atom is -0.358 e. The third-order valence-electron chi connectivity index (χ3n) is 3.76. The average molecular weight is 335 g/mol. The van der Waals surface area contributed by atoms with Crippen LogP contribution >= 0.6 is 0 Å². The molecule has 1 aliphatic rings. The number of nitrogens with two attached hydrogens (primary N) is 1. The zero-order valence-electron chi connectivity index (χ0n) is 13.1. The van der Waals surface area contributed by atoms with Gasteiger partial charge in [-0.2, -0.15) is 5.26 Å². The molecule has 0 bridgehead atoms. The summed E-state index contributed by atoms with van der Waals surface area (Å²) >= 11 is 0. The Morgan fingerprint density at radius 1 is 1.33 bits per heavy atom. The summed E-state index contributed by atoms with van der Waals surface area (Å²) in [5.41, 5.74) is 5.20. The smallest absolute Gasteiger partial charge is 0.266 e. The number of nitrogens with zero attached hydrogens (tertiary/aromatic N) is 3. The molecule has 0 saturated carbocycles. The van der Waals surface area contributed by atoms with Gasteiger partial charge in [0.05, 0.1) is 5.69 Å². The molecule has 1 aliphatic heterocycles. The number of halogens is 2. The van der Waals surface area contributed by atoms with Crippen LogP contribution in [0, 0.1) is 23.0 Å². The summed E-state index contributed by atoms with van der Waals surface area (Å²) < 4.78 is 26.7. The number of hydrogen-bond donors (Lipinski definition) is 2. The maximum atomic E-state index is 13.5. The SMILES string of the molecule is N#C/C(=C/Nc1cc(F)ccc1F)C(=O)N1CCN(CCN)CC1. The van der Waals surface area contributed by atoms with Crippen molar-refractivity contribution >= 4 is 11.6 Å². The van der Waals surface area contributed by atoms with E-state index in [4.69, 9.17) is 11.0 Å². The highest BCUT2D eigenvalue weighted by molar-refractivity contribution is 5.97. The molecule has 6 nitrogen and oxygen atoms in total. The van der Waals surface area contributed by atoms with Crippen LogP contribution in [0.15, 0.2) is 30.0 Å². The molecule has 1 aromatic rings. The number of nitrogens with one attached hydrogen (secondary N) is 1. The fraction of sp³-hybridized carbons (Fsp3) is 0.375. The normalized spacial score (nSPS) is 15.9. The van der Waals surface area contributed by atoms with Crippen molar-refractivity contribution in [3.8, 4) is 6.07 Å². The highest BCUT2D eigenvalue weighted by atomic mass is 19.1. The Morgan fingerprint density at radius 3 is 2.67 bits per heavy atom. The van der Waals surface area contributed by atoms with Crippen molar-refractivity contribution in [3.63, 3.8) is 0 Å². The first-order chi connectivity index (χ1) is 11.5. The minimum atomic E-state index is -0.673. The molecule has 0 radical (unpaired) electrons. The van der Waals surface area contributed by atoms with Gasteiger partial charge in [-0.1, -0.05) is 0 Å². The van der Waals surface area contributed by atoms with Crippen LogP contribution < -0.4 is 11.1 Å². The lowest BCUT2D eigenvalue weighted by Crippen LogP contribution is -2.50. The van der Waals surface area contributed by atoms with Crippen molar-refractivity contribution in [3.05, 3.63) is 41.6 Å². The zero-order valence-corrected chi connectivity index (χ0v) is 13.1. The lowest BCUT2D eigenvalue weighted by atomic mass is 10.2. The van der Waals surface area contributed by atoms with Crippen LogP contribution in [0.5, 0.6) is 0 Å². The van der Waals surface area contributed by atoms with E-state index in [1.807, 2.05) is 0 Å². The van der Waals surface area contributed by atoms with Gasteiger partial charge in [-0.05, 0) is 12.1 Å². The molecule has 0 aromatic heterocycles. The molecule has 1 amide bonds. The third kappa shape index (κ3) is 4.50. The van der Waals surface area contributed by atoms with Gasteiger partial charge >= 0.3 is 0 Å². The third-order valence-corrected chi connectivity index (χ3v) is 3.76. The van der Waals surface area contributed by atoms with Crippen LogP contribution in [-0.4, -0.2) is 55.0 Å². The largest absolute Gasteiger partial charge is 0.358 e. The molecule has 0 atom stereocenters. The van der Waals surface area contributed by atoms with Gasteiger partial charge < -0.3 is 16.0 Å². The van der Waals surface area contributed by atoms with Crippen LogP contribution in [0.2, 0.25) is 0 Å². The van der Waals surface area contributed by atoms with Crippen molar-refractivity contribution in [2.24, 2.45) is 5.73 Å². The number of benzene rings is 1. The van der Waals surface area contributed by atoms with E-state index in [1.54, 1.807) is 11.0 Å². The Balaban J connectivity index is 2.01. The van der Waals surface area contributed by atoms with Gasteiger partial charge in [0.25, 0.3) is 5.91 Å². The Labute approximate surface area is 139 Å². The Morgan fingerprint density at radius 2 is 2.04 bits per heavy atom. The Bertz CT molecular complexity index is 663. The van der Waals surface area contributed by atoms with Crippen molar-refractivity contribution in [1.82, 2.24) is 9.80 Å². The van der Waals surface area contributed by atoms with E-state index in [0.29, 0.717) is 32.7 Å². The predicted molar refractivity (Wildman–Crippen MR) is 85.8 cm³/mol. The zero-order chi connectivity index (χ0) is 17.5. The lowest BCUT2D eigenvalue weighted by molar-refractivity contribution is -0.128. The standard InChI is InChI=1S/C16H19F2N5O/c17-13-1-2-14(18)15(9-13)21-11-12(10-20)16(24)23-7-5-22(4-3-19)6-8-23/h1-2,9,11,21H,3-8,19H2/b12-11-. The molecule has 24 heavy (non-hydrogen) atoms. The van der Waals surface area contributed by atoms with E-state index in [2.05, 4.69) is 10.2 Å². The first-order valence-corrected chi connectivity index (χ1v) is 7.58. The average Bonchev–Trinajstić information content (AvgIpc) is 2.59. The predicted octanol–water partition coefficient (Wildman–Crippen LogP) is 0.887. The number of carbonyl (C=O) groups is 1. The summed E-state index contributed by atoms with van der Waals surface area (Å²) in [4.78, 5) is 16.1. The molecule has 1 heterocycles. The first-order valence-electron chi connectivity index (χ1n) is 7.58. The molecule has 128 valence electrons. The summed E-state index contributed by atoms with van der Waals surface area (Å²) in [5.74, 6) is -1.73. The summed E-state index contributed by atoms with van der Waals surface area (Å²) in [6.45, 7) is 3.68. The fourth-order valence-electron chi connectivity index (χ4n) is 2.43. The quantitative estimate of drug-likeness (QED) is 0.616. The van der Waals surface area contributed by atoms with Crippen molar-refractivity contribution < 1.29 is 13.6 Å².